The first-order valence-corrected chi connectivity index (χ1v) is 8.34. The molecule has 2 aromatic rings. The average Bonchev–Trinajstić information content (AvgIpc) is 2.96. The quantitative estimate of drug-likeness (QED) is 0.568. The first kappa shape index (κ1) is 18.4. The van der Waals surface area contributed by atoms with Crippen molar-refractivity contribution in [3.63, 3.8) is 0 Å². The van der Waals surface area contributed by atoms with E-state index in [1.807, 2.05) is 6.92 Å². The first-order chi connectivity index (χ1) is 12.1. The molecule has 0 fully saturated rings. The second-order valence-corrected chi connectivity index (χ2v) is 7.50. The van der Waals surface area contributed by atoms with Gasteiger partial charge in [-0.3, -0.25) is 4.57 Å². The maximum atomic E-state index is 12.1. The van der Waals surface area contributed by atoms with Gasteiger partial charge in [0.2, 0.25) is 0 Å². The van der Waals surface area contributed by atoms with Crippen LogP contribution in [0.3, 0.4) is 0 Å². The van der Waals surface area contributed by atoms with Crippen LogP contribution in [0.2, 0.25) is 0 Å². The number of hydrogen-bond acceptors (Lipinski definition) is 6. The van der Waals surface area contributed by atoms with Crippen LogP contribution >= 0.6 is 11.8 Å². The molecular formula is C15H14F3N3O4S. The summed E-state index contributed by atoms with van der Waals surface area (Å²) in [5.74, 6) is -0.114. The van der Waals surface area contributed by atoms with Gasteiger partial charge < -0.3 is 19.6 Å². The molecule has 26 heavy (non-hydrogen) atoms. The molecule has 0 spiro atoms. The third-order valence-electron chi connectivity index (χ3n) is 3.73. The fourth-order valence-electron chi connectivity index (χ4n) is 2.42. The molecular weight excluding hydrogens is 375 g/mol. The average molecular weight is 389 g/mol. The monoisotopic (exact) mass is 389 g/mol. The number of nitrogens with zero attached hydrogens (tertiary/aromatic N) is 3. The van der Waals surface area contributed by atoms with E-state index in [1.54, 1.807) is 4.57 Å². The summed E-state index contributed by atoms with van der Waals surface area (Å²) in [4.78, 5) is 14.3. The molecule has 0 amide bonds. The lowest BCUT2D eigenvalue weighted by atomic mass is 10.1. The van der Waals surface area contributed by atoms with Gasteiger partial charge in [0.15, 0.2) is 0 Å². The van der Waals surface area contributed by atoms with Crippen LogP contribution in [0, 0.1) is 10.1 Å². The second kappa shape index (κ2) is 6.71. The van der Waals surface area contributed by atoms with Crippen molar-refractivity contribution in [2.45, 2.75) is 36.2 Å². The number of aryl methyl sites for hydroxylation is 1. The number of halogens is 3. The minimum absolute atomic E-state index is 0.196. The number of alkyl halides is 3. The first-order valence-electron chi connectivity index (χ1n) is 7.53. The lowest BCUT2D eigenvalue weighted by Gasteiger charge is -2.31. The smallest absolute Gasteiger partial charge is 0.492 e. The fourth-order valence-corrected chi connectivity index (χ4v) is 3.57. The van der Waals surface area contributed by atoms with Gasteiger partial charge in [-0.1, -0.05) is 0 Å². The Labute approximate surface area is 150 Å². The maximum absolute atomic E-state index is 12.1. The van der Waals surface area contributed by atoms with Crippen LogP contribution < -0.4 is 9.47 Å². The van der Waals surface area contributed by atoms with E-state index in [0.717, 1.165) is 0 Å². The molecule has 7 nitrogen and oxygen atoms in total. The third kappa shape index (κ3) is 4.40. The number of ether oxygens (including phenoxy) is 2. The van der Waals surface area contributed by atoms with Crippen molar-refractivity contribution < 1.29 is 27.6 Å². The van der Waals surface area contributed by atoms with Gasteiger partial charge in [-0.25, -0.2) is 0 Å². The van der Waals surface area contributed by atoms with Crippen molar-refractivity contribution in [3.05, 3.63) is 40.6 Å². The van der Waals surface area contributed by atoms with Gasteiger partial charge in [0.05, 0.1) is 4.75 Å². The van der Waals surface area contributed by atoms with E-state index in [1.165, 1.54) is 42.2 Å². The number of imidazole rings is 1. The van der Waals surface area contributed by atoms with Gasteiger partial charge in [0.25, 0.3) is 5.16 Å². The molecule has 0 N–H and O–H groups in total. The van der Waals surface area contributed by atoms with Crippen molar-refractivity contribution in [2.75, 3.05) is 6.61 Å². The highest BCUT2D eigenvalue weighted by atomic mass is 32.2. The number of hydrogen-bond donors (Lipinski definition) is 0. The van der Waals surface area contributed by atoms with Gasteiger partial charge in [-0.2, -0.15) is 0 Å². The summed E-state index contributed by atoms with van der Waals surface area (Å²) in [6.07, 6.45) is -2.63. The Hall–Kier alpha value is -2.43. The number of nitro groups is 1. The van der Waals surface area contributed by atoms with Gasteiger partial charge in [0.1, 0.15) is 24.3 Å². The molecule has 1 unspecified atom stereocenters. The summed E-state index contributed by atoms with van der Waals surface area (Å²) in [6.45, 7) is 2.79. The van der Waals surface area contributed by atoms with E-state index in [9.17, 15) is 23.3 Å². The van der Waals surface area contributed by atoms with E-state index in [4.69, 9.17) is 4.74 Å². The lowest BCUT2D eigenvalue weighted by molar-refractivity contribution is -0.389. The Balaban J connectivity index is 1.61. The molecule has 1 aromatic heterocycles. The fraction of sp³-hybridized carbons (Fsp3) is 0.400. The van der Waals surface area contributed by atoms with Crippen LogP contribution in [0.1, 0.15) is 13.3 Å². The molecule has 0 saturated carbocycles. The number of benzene rings is 1. The molecule has 2 heterocycles. The molecule has 1 aliphatic heterocycles. The van der Waals surface area contributed by atoms with Crippen molar-refractivity contribution in [1.29, 1.82) is 0 Å². The SMILES string of the molecule is CC1(COc2ccc(OC(F)(F)F)cc2)CCn2cc([N+](=O)[O-])nc2S1. The standard InChI is InChI=1S/C15H14F3N3O4S/c1-14(6-7-20-8-12(21(22)23)19-13(20)26-14)9-24-10-2-4-11(5-3-10)25-15(16,17)18/h2-5,8H,6-7,9H2,1H3. The van der Waals surface area contributed by atoms with Crippen molar-refractivity contribution in [2.24, 2.45) is 0 Å². The highest BCUT2D eigenvalue weighted by molar-refractivity contribution is 8.00. The van der Waals surface area contributed by atoms with Crippen molar-refractivity contribution in [3.8, 4) is 11.5 Å². The summed E-state index contributed by atoms with van der Waals surface area (Å²) in [5.41, 5.74) is 0. The molecule has 11 heteroatoms. The number of rotatable bonds is 5. The predicted molar refractivity (Wildman–Crippen MR) is 86.4 cm³/mol. The molecule has 1 aromatic carbocycles. The van der Waals surface area contributed by atoms with E-state index >= 15 is 0 Å². The van der Waals surface area contributed by atoms with Crippen LogP contribution in [0.5, 0.6) is 11.5 Å². The number of fused-ring (bicyclic) bond motifs is 1. The van der Waals surface area contributed by atoms with Crippen LogP contribution in [-0.2, 0) is 6.54 Å². The molecule has 1 aliphatic rings. The van der Waals surface area contributed by atoms with E-state index in [0.29, 0.717) is 23.9 Å². The summed E-state index contributed by atoms with van der Waals surface area (Å²) < 4.78 is 47.3. The predicted octanol–water partition coefficient (Wildman–Crippen LogP) is 4.02. The maximum Gasteiger partial charge on any atom is 0.573 e. The molecule has 1 atom stereocenters. The third-order valence-corrected chi connectivity index (χ3v) is 5.06. The molecule has 0 aliphatic carbocycles. The molecule has 140 valence electrons. The van der Waals surface area contributed by atoms with Crippen LogP contribution in [-0.4, -0.2) is 32.2 Å². The van der Waals surface area contributed by atoms with E-state index in [-0.39, 0.29) is 22.9 Å². The molecule has 0 bridgehead atoms. The van der Waals surface area contributed by atoms with Crippen LogP contribution in [0.25, 0.3) is 0 Å². The van der Waals surface area contributed by atoms with Gasteiger partial charge in [-0.15, -0.1) is 13.2 Å². The zero-order valence-electron chi connectivity index (χ0n) is 13.5. The zero-order chi connectivity index (χ0) is 18.9. The van der Waals surface area contributed by atoms with Gasteiger partial charge >= 0.3 is 12.2 Å². The highest BCUT2D eigenvalue weighted by Crippen LogP contribution is 2.41. The van der Waals surface area contributed by atoms with Gasteiger partial charge in [-0.05, 0) is 59.3 Å². The Morgan fingerprint density at radius 1 is 1.35 bits per heavy atom. The second-order valence-electron chi connectivity index (χ2n) is 5.94. The van der Waals surface area contributed by atoms with Crippen LogP contribution in [0.15, 0.2) is 35.6 Å². The van der Waals surface area contributed by atoms with Crippen molar-refractivity contribution >= 4 is 17.6 Å². The lowest BCUT2D eigenvalue weighted by Crippen LogP contribution is -2.33. The summed E-state index contributed by atoms with van der Waals surface area (Å²) in [5, 5.41) is 11.4. The Kier molecular flexibility index (Phi) is 4.74. The number of aromatic nitrogens is 2. The largest absolute Gasteiger partial charge is 0.573 e. The number of thioether (sulfide) groups is 1. The van der Waals surface area contributed by atoms with E-state index in [2.05, 4.69) is 9.72 Å². The normalized spacial score (nSPS) is 19.7. The Bertz CT molecular complexity index is 809. The molecule has 3 rings (SSSR count). The minimum atomic E-state index is -4.74. The Morgan fingerprint density at radius 3 is 2.62 bits per heavy atom. The van der Waals surface area contributed by atoms with Gasteiger partial charge in [0, 0.05) is 6.54 Å². The van der Waals surface area contributed by atoms with Crippen molar-refractivity contribution in [1.82, 2.24) is 9.55 Å². The minimum Gasteiger partial charge on any atom is -0.492 e. The Morgan fingerprint density at radius 2 is 2.00 bits per heavy atom. The molecule has 0 saturated heterocycles. The zero-order valence-corrected chi connectivity index (χ0v) is 14.3. The highest BCUT2D eigenvalue weighted by Gasteiger charge is 2.37. The summed E-state index contributed by atoms with van der Waals surface area (Å²) >= 11 is 1.38. The summed E-state index contributed by atoms with van der Waals surface area (Å²) in [6, 6.07) is 5.14. The summed E-state index contributed by atoms with van der Waals surface area (Å²) in [7, 11) is 0. The topological polar surface area (TPSA) is 79.4 Å². The molecule has 0 radical (unpaired) electrons. The van der Waals surface area contributed by atoms with Crippen LogP contribution in [0.4, 0.5) is 19.0 Å². The van der Waals surface area contributed by atoms with E-state index < -0.39 is 11.3 Å².